The van der Waals surface area contributed by atoms with Crippen molar-refractivity contribution in [2.75, 3.05) is 6.61 Å². The lowest BCUT2D eigenvalue weighted by atomic mass is 9.86. The quantitative estimate of drug-likeness (QED) is 0.429. The smallest absolute Gasteiger partial charge is 0.316 e. The van der Waals surface area contributed by atoms with Crippen LogP contribution >= 0.6 is 0 Å². The molecule has 0 spiro atoms. The van der Waals surface area contributed by atoms with E-state index < -0.39 is 11.9 Å². The van der Waals surface area contributed by atoms with Gasteiger partial charge in [-0.3, -0.25) is 14.4 Å². The van der Waals surface area contributed by atoms with Crippen LogP contribution in [0.15, 0.2) is 0 Å². The van der Waals surface area contributed by atoms with Gasteiger partial charge in [-0.1, -0.05) is 12.8 Å². The molecular formula is C14H22O4. The Morgan fingerprint density at radius 3 is 2.67 bits per heavy atom. The third kappa shape index (κ3) is 4.24. The highest BCUT2D eigenvalue weighted by Crippen LogP contribution is 2.26. The topological polar surface area (TPSA) is 60.4 Å². The van der Waals surface area contributed by atoms with E-state index >= 15 is 0 Å². The minimum Gasteiger partial charge on any atom is -0.465 e. The van der Waals surface area contributed by atoms with Gasteiger partial charge in [0.05, 0.1) is 6.61 Å². The second-order valence-electron chi connectivity index (χ2n) is 4.91. The van der Waals surface area contributed by atoms with E-state index in [1.54, 1.807) is 6.92 Å². The molecule has 0 aromatic carbocycles. The van der Waals surface area contributed by atoms with Crippen LogP contribution in [0.3, 0.4) is 0 Å². The van der Waals surface area contributed by atoms with Crippen molar-refractivity contribution < 1.29 is 19.1 Å². The number of esters is 1. The second-order valence-corrected chi connectivity index (χ2v) is 4.91. The Labute approximate surface area is 108 Å². The van der Waals surface area contributed by atoms with E-state index in [1.807, 2.05) is 0 Å². The van der Waals surface area contributed by atoms with Gasteiger partial charge in [-0.05, 0) is 33.1 Å². The largest absolute Gasteiger partial charge is 0.465 e. The van der Waals surface area contributed by atoms with Crippen molar-refractivity contribution in [3.63, 3.8) is 0 Å². The van der Waals surface area contributed by atoms with Crippen LogP contribution in [-0.4, -0.2) is 24.1 Å². The van der Waals surface area contributed by atoms with Crippen LogP contribution in [0.1, 0.15) is 52.4 Å². The molecule has 0 aromatic rings. The van der Waals surface area contributed by atoms with Gasteiger partial charge in [0.2, 0.25) is 0 Å². The number of carbonyl (C=O) groups is 3. The third-order valence-corrected chi connectivity index (χ3v) is 3.51. The zero-order valence-corrected chi connectivity index (χ0v) is 11.2. The first-order chi connectivity index (χ1) is 8.56. The van der Waals surface area contributed by atoms with E-state index in [4.69, 9.17) is 4.74 Å². The molecule has 0 aromatic heterocycles. The van der Waals surface area contributed by atoms with Gasteiger partial charge in [0.1, 0.15) is 17.5 Å². The summed E-state index contributed by atoms with van der Waals surface area (Å²) < 4.78 is 4.90. The van der Waals surface area contributed by atoms with Crippen molar-refractivity contribution in [1.82, 2.24) is 0 Å². The number of ether oxygens (including phenoxy) is 1. The van der Waals surface area contributed by atoms with E-state index in [9.17, 15) is 14.4 Å². The highest BCUT2D eigenvalue weighted by molar-refractivity contribution is 5.98. The predicted molar refractivity (Wildman–Crippen MR) is 67.0 cm³/mol. The molecule has 4 heteroatoms. The predicted octanol–water partition coefficient (Wildman–Crippen LogP) is 2.29. The maximum atomic E-state index is 11.9. The number of hydrogen-bond acceptors (Lipinski definition) is 4. The first-order valence-electron chi connectivity index (χ1n) is 6.76. The van der Waals surface area contributed by atoms with E-state index in [0.717, 1.165) is 25.7 Å². The van der Waals surface area contributed by atoms with E-state index in [0.29, 0.717) is 12.8 Å². The van der Waals surface area contributed by atoms with Gasteiger partial charge in [0, 0.05) is 12.3 Å². The first-order valence-corrected chi connectivity index (χ1v) is 6.76. The van der Waals surface area contributed by atoms with Crippen LogP contribution in [0, 0.1) is 11.8 Å². The molecule has 4 nitrogen and oxygen atoms in total. The maximum absolute atomic E-state index is 11.9. The van der Waals surface area contributed by atoms with Crippen LogP contribution in [0.4, 0.5) is 0 Å². The Morgan fingerprint density at radius 2 is 2.06 bits per heavy atom. The Balaban J connectivity index is 2.66. The van der Waals surface area contributed by atoms with Gasteiger partial charge < -0.3 is 4.74 Å². The molecule has 2 atom stereocenters. The number of Topliss-reactive ketones (excluding diaryl/α,β-unsaturated/α-hetero) is 2. The van der Waals surface area contributed by atoms with Gasteiger partial charge >= 0.3 is 5.97 Å². The minimum atomic E-state index is -0.767. The number of carbonyl (C=O) groups excluding carboxylic acids is 3. The van der Waals surface area contributed by atoms with Crippen molar-refractivity contribution >= 4 is 17.5 Å². The summed E-state index contributed by atoms with van der Waals surface area (Å²) >= 11 is 0. The first kappa shape index (κ1) is 14.9. The molecule has 0 heterocycles. The maximum Gasteiger partial charge on any atom is 0.316 e. The van der Waals surface area contributed by atoms with Gasteiger partial charge in [-0.15, -0.1) is 0 Å². The normalized spacial score (nSPS) is 22.1. The van der Waals surface area contributed by atoms with Crippen molar-refractivity contribution in [2.24, 2.45) is 11.8 Å². The molecule has 102 valence electrons. The molecule has 0 N–H and O–H groups in total. The van der Waals surface area contributed by atoms with Crippen LogP contribution < -0.4 is 0 Å². The number of hydrogen-bond donors (Lipinski definition) is 0. The average Bonchev–Trinajstić information content (AvgIpc) is 2.51. The molecule has 1 aliphatic rings. The Kier molecular flexibility index (Phi) is 6.02. The van der Waals surface area contributed by atoms with E-state index in [1.165, 1.54) is 6.92 Å². The summed E-state index contributed by atoms with van der Waals surface area (Å²) in [6.45, 7) is 3.37. The molecule has 1 rings (SSSR count). The van der Waals surface area contributed by atoms with Crippen molar-refractivity contribution in [1.29, 1.82) is 0 Å². The van der Waals surface area contributed by atoms with E-state index in [2.05, 4.69) is 0 Å². The lowest BCUT2D eigenvalue weighted by Crippen LogP contribution is -2.29. The second kappa shape index (κ2) is 7.29. The summed E-state index contributed by atoms with van der Waals surface area (Å²) in [5.74, 6) is -1.40. The lowest BCUT2D eigenvalue weighted by molar-refractivity contribution is -0.152. The molecule has 1 fully saturated rings. The Hall–Kier alpha value is -1.19. The fraction of sp³-hybridized carbons (Fsp3) is 0.786. The molecule has 2 unspecified atom stereocenters. The summed E-state index contributed by atoms with van der Waals surface area (Å²) in [7, 11) is 0. The third-order valence-electron chi connectivity index (χ3n) is 3.51. The summed E-state index contributed by atoms with van der Waals surface area (Å²) in [5.41, 5.74) is 0. The van der Waals surface area contributed by atoms with Gasteiger partial charge in [0.25, 0.3) is 0 Å². The summed E-state index contributed by atoms with van der Waals surface area (Å²) in [4.78, 5) is 35.1. The fourth-order valence-corrected chi connectivity index (χ4v) is 2.44. The summed E-state index contributed by atoms with van der Waals surface area (Å²) in [5, 5.41) is 0. The zero-order valence-electron chi connectivity index (χ0n) is 11.2. The van der Waals surface area contributed by atoms with Crippen LogP contribution in [0.2, 0.25) is 0 Å². The highest BCUT2D eigenvalue weighted by atomic mass is 16.5. The molecule has 18 heavy (non-hydrogen) atoms. The molecule has 0 bridgehead atoms. The minimum absolute atomic E-state index is 0.147. The van der Waals surface area contributed by atoms with E-state index in [-0.39, 0.29) is 24.1 Å². The Bertz CT molecular complexity index is 322. The Morgan fingerprint density at radius 1 is 1.33 bits per heavy atom. The van der Waals surface area contributed by atoms with Crippen LogP contribution in [0.25, 0.3) is 0 Å². The monoisotopic (exact) mass is 254 g/mol. The van der Waals surface area contributed by atoms with Crippen molar-refractivity contribution in [3.05, 3.63) is 0 Å². The molecule has 0 amide bonds. The van der Waals surface area contributed by atoms with Gasteiger partial charge in [0.15, 0.2) is 0 Å². The van der Waals surface area contributed by atoms with Crippen molar-refractivity contribution in [2.45, 2.75) is 52.4 Å². The fourth-order valence-electron chi connectivity index (χ4n) is 2.44. The van der Waals surface area contributed by atoms with Gasteiger partial charge in [-0.25, -0.2) is 0 Å². The molecule has 0 aliphatic heterocycles. The standard InChI is InChI=1S/C14H22O4/c1-3-18-14(17)12(10(2)15)9-11-7-5-4-6-8-13(11)16/h11-12H,3-9H2,1-2H3. The van der Waals surface area contributed by atoms with Crippen molar-refractivity contribution in [3.8, 4) is 0 Å². The average molecular weight is 254 g/mol. The lowest BCUT2D eigenvalue weighted by Gasteiger charge is -2.18. The summed E-state index contributed by atoms with van der Waals surface area (Å²) in [6, 6.07) is 0. The van der Waals surface area contributed by atoms with Crippen LogP contribution in [-0.2, 0) is 19.1 Å². The molecule has 1 aliphatic carbocycles. The van der Waals surface area contributed by atoms with Crippen LogP contribution in [0.5, 0.6) is 0 Å². The van der Waals surface area contributed by atoms with Gasteiger partial charge in [-0.2, -0.15) is 0 Å². The number of ketones is 2. The molecule has 0 radical (unpaired) electrons. The molecule has 0 saturated heterocycles. The summed E-state index contributed by atoms with van der Waals surface area (Å²) in [6.07, 6.45) is 4.70. The number of rotatable bonds is 5. The molecule has 1 saturated carbocycles. The highest BCUT2D eigenvalue weighted by Gasteiger charge is 2.31. The molecular weight excluding hydrogens is 232 g/mol. The zero-order chi connectivity index (χ0) is 13.5. The SMILES string of the molecule is CCOC(=O)C(CC1CCCCCC1=O)C(C)=O.